The largest absolute Gasteiger partial charge is 0.392 e. The van der Waals surface area contributed by atoms with Gasteiger partial charge < -0.3 is 11.1 Å². The van der Waals surface area contributed by atoms with Crippen molar-refractivity contribution >= 4 is 40.4 Å². The minimum absolute atomic E-state index is 0.126. The van der Waals surface area contributed by atoms with Crippen molar-refractivity contribution in [2.45, 2.75) is 19.3 Å². The summed E-state index contributed by atoms with van der Waals surface area (Å²) in [7, 11) is 0. The van der Waals surface area contributed by atoms with Crippen LogP contribution in [0.25, 0.3) is 0 Å². The summed E-state index contributed by atoms with van der Waals surface area (Å²) in [5.74, 6) is -0.126. The van der Waals surface area contributed by atoms with Crippen LogP contribution < -0.4 is 11.1 Å². The van der Waals surface area contributed by atoms with Crippen LogP contribution in [-0.4, -0.2) is 10.9 Å². The smallest absolute Gasteiger partial charge is 0.237 e. The van der Waals surface area contributed by atoms with Gasteiger partial charge in [0, 0.05) is 10.7 Å². The van der Waals surface area contributed by atoms with E-state index in [0.717, 1.165) is 19.3 Å². The lowest BCUT2D eigenvalue weighted by Crippen LogP contribution is -2.50. The lowest BCUT2D eigenvalue weighted by atomic mass is 9.68. The fourth-order valence-corrected chi connectivity index (χ4v) is 2.42. The minimum Gasteiger partial charge on any atom is -0.392 e. The standard InChI is InChI=1S/C12H13ClN2OS/c13-8-3-1-4-9(7-8)15-11(16)12(10(14)17)5-2-6-12/h1,3-4,7H,2,5-6H2,(H2,14,17)(H,15,16). The van der Waals surface area contributed by atoms with E-state index in [1.54, 1.807) is 24.3 Å². The molecule has 0 aliphatic heterocycles. The topological polar surface area (TPSA) is 55.1 Å². The van der Waals surface area contributed by atoms with Gasteiger partial charge in [-0.1, -0.05) is 36.3 Å². The Morgan fingerprint density at radius 2 is 2.18 bits per heavy atom. The van der Waals surface area contributed by atoms with Gasteiger partial charge in [0.15, 0.2) is 0 Å². The maximum Gasteiger partial charge on any atom is 0.237 e. The summed E-state index contributed by atoms with van der Waals surface area (Å²) in [4.78, 5) is 12.4. The zero-order valence-electron chi connectivity index (χ0n) is 9.20. The number of carbonyl (C=O) groups is 1. The molecule has 0 radical (unpaired) electrons. The maximum atomic E-state index is 12.1. The number of nitrogens with two attached hydrogens (primary N) is 1. The van der Waals surface area contributed by atoms with E-state index in [4.69, 9.17) is 29.6 Å². The minimum atomic E-state index is -0.655. The average Bonchev–Trinajstić information content (AvgIpc) is 2.14. The zero-order valence-corrected chi connectivity index (χ0v) is 10.8. The molecule has 1 aliphatic rings. The van der Waals surface area contributed by atoms with Gasteiger partial charge in [-0.3, -0.25) is 4.79 Å². The van der Waals surface area contributed by atoms with Crippen molar-refractivity contribution in [3.05, 3.63) is 29.3 Å². The van der Waals surface area contributed by atoms with Crippen LogP contribution in [0.2, 0.25) is 5.02 Å². The number of carbonyl (C=O) groups excluding carboxylic acids is 1. The van der Waals surface area contributed by atoms with Crippen LogP contribution in [0.1, 0.15) is 19.3 Å². The normalized spacial score (nSPS) is 17.0. The fourth-order valence-electron chi connectivity index (χ4n) is 1.93. The van der Waals surface area contributed by atoms with E-state index in [9.17, 15) is 4.79 Å². The van der Waals surface area contributed by atoms with E-state index in [1.807, 2.05) is 0 Å². The maximum absolute atomic E-state index is 12.1. The number of benzene rings is 1. The van der Waals surface area contributed by atoms with Crippen LogP contribution in [0.4, 0.5) is 5.69 Å². The van der Waals surface area contributed by atoms with Crippen molar-refractivity contribution in [3.8, 4) is 0 Å². The Kier molecular flexibility index (Phi) is 3.35. The first-order valence-electron chi connectivity index (χ1n) is 5.41. The molecule has 3 N–H and O–H groups in total. The van der Waals surface area contributed by atoms with Gasteiger partial charge in [0.1, 0.15) is 0 Å². The van der Waals surface area contributed by atoms with Gasteiger partial charge in [-0.25, -0.2) is 0 Å². The summed E-state index contributed by atoms with van der Waals surface area (Å²) >= 11 is 10.8. The van der Waals surface area contributed by atoms with Gasteiger partial charge in [-0.15, -0.1) is 0 Å². The highest BCUT2D eigenvalue weighted by Gasteiger charge is 2.46. The number of amides is 1. The van der Waals surface area contributed by atoms with Crippen LogP contribution in [0.5, 0.6) is 0 Å². The number of hydrogen-bond donors (Lipinski definition) is 2. The Morgan fingerprint density at radius 3 is 2.65 bits per heavy atom. The zero-order chi connectivity index (χ0) is 12.5. The molecule has 17 heavy (non-hydrogen) atoms. The molecular formula is C12H13ClN2OS. The third kappa shape index (κ3) is 2.28. The van der Waals surface area contributed by atoms with Crippen LogP contribution in [0, 0.1) is 5.41 Å². The predicted octanol–water partition coefficient (Wildman–Crippen LogP) is 2.73. The van der Waals surface area contributed by atoms with Crippen LogP contribution in [0.3, 0.4) is 0 Å². The number of nitrogens with one attached hydrogen (secondary N) is 1. The van der Waals surface area contributed by atoms with Gasteiger partial charge in [0.25, 0.3) is 0 Å². The number of halogens is 1. The molecule has 0 saturated heterocycles. The summed E-state index contributed by atoms with van der Waals surface area (Å²) < 4.78 is 0. The molecule has 0 bridgehead atoms. The molecule has 0 aromatic heterocycles. The molecule has 1 saturated carbocycles. The molecule has 3 nitrogen and oxygen atoms in total. The van der Waals surface area contributed by atoms with Gasteiger partial charge in [-0.2, -0.15) is 0 Å². The van der Waals surface area contributed by atoms with Crippen molar-refractivity contribution in [2.24, 2.45) is 11.1 Å². The van der Waals surface area contributed by atoms with E-state index >= 15 is 0 Å². The van der Waals surface area contributed by atoms with Crippen LogP contribution in [-0.2, 0) is 4.79 Å². The molecule has 0 unspecified atom stereocenters. The molecule has 0 atom stereocenters. The number of thiocarbonyl (C=S) groups is 1. The van der Waals surface area contributed by atoms with Crippen LogP contribution in [0.15, 0.2) is 24.3 Å². The Morgan fingerprint density at radius 1 is 1.47 bits per heavy atom. The van der Waals surface area contributed by atoms with Gasteiger partial charge in [0.05, 0.1) is 10.4 Å². The summed E-state index contributed by atoms with van der Waals surface area (Å²) in [6.07, 6.45) is 2.45. The van der Waals surface area contributed by atoms with Gasteiger partial charge in [-0.05, 0) is 31.0 Å². The molecule has 1 aliphatic carbocycles. The Hall–Kier alpha value is -1.13. The van der Waals surface area contributed by atoms with Crippen molar-refractivity contribution in [1.82, 2.24) is 0 Å². The second kappa shape index (κ2) is 4.63. The first-order chi connectivity index (χ1) is 8.04. The number of rotatable bonds is 3. The lowest BCUT2D eigenvalue weighted by molar-refractivity contribution is -0.125. The second-order valence-corrected chi connectivity index (χ2v) is 5.14. The fraction of sp³-hybridized carbons (Fsp3) is 0.333. The highest BCUT2D eigenvalue weighted by atomic mass is 35.5. The monoisotopic (exact) mass is 268 g/mol. The van der Waals surface area contributed by atoms with E-state index in [1.165, 1.54) is 0 Å². The predicted molar refractivity (Wildman–Crippen MR) is 73.2 cm³/mol. The molecule has 1 aromatic carbocycles. The molecule has 90 valence electrons. The molecule has 2 rings (SSSR count). The van der Waals surface area contributed by atoms with Crippen molar-refractivity contribution < 1.29 is 4.79 Å². The summed E-state index contributed by atoms with van der Waals surface area (Å²) in [5.41, 5.74) is 5.68. The quantitative estimate of drug-likeness (QED) is 0.829. The third-order valence-electron chi connectivity index (χ3n) is 3.20. The lowest BCUT2D eigenvalue weighted by Gasteiger charge is -2.39. The Labute approximate surface area is 110 Å². The summed E-state index contributed by atoms with van der Waals surface area (Å²) in [5, 5.41) is 3.40. The molecule has 1 fully saturated rings. The van der Waals surface area contributed by atoms with Crippen molar-refractivity contribution in [1.29, 1.82) is 0 Å². The van der Waals surface area contributed by atoms with E-state index in [-0.39, 0.29) is 10.9 Å². The first kappa shape index (κ1) is 12.3. The molecule has 0 heterocycles. The van der Waals surface area contributed by atoms with Gasteiger partial charge in [0.2, 0.25) is 5.91 Å². The molecule has 0 spiro atoms. The SMILES string of the molecule is NC(=S)C1(C(=O)Nc2cccc(Cl)c2)CCC1. The van der Waals surface area contributed by atoms with Gasteiger partial charge >= 0.3 is 0 Å². The average molecular weight is 269 g/mol. The highest BCUT2D eigenvalue weighted by Crippen LogP contribution is 2.42. The van der Waals surface area contributed by atoms with Crippen molar-refractivity contribution in [3.63, 3.8) is 0 Å². The highest BCUT2D eigenvalue weighted by molar-refractivity contribution is 7.80. The molecule has 5 heteroatoms. The van der Waals surface area contributed by atoms with Crippen molar-refractivity contribution in [2.75, 3.05) is 5.32 Å². The summed E-state index contributed by atoms with van der Waals surface area (Å²) in [6, 6.07) is 7.02. The van der Waals surface area contributed by atoms with E-state index in [2.05, 4.69) is 5.32 Å². The molecule has 1 aromatic rings. The number of hydrogen-bond acceptors (Lipinski definition) is 2. The first-order valence-corrected chi connectivity index (χ1v) is 6.20. The Balaban J connectivity index is 2.14. The third-order valence-corrected chi connectivity index (χ3v) is 3.82. The van der Waals surface area contributed by atoms with E-state index in [0.29, 0.717) is 10.7 Å². The molecule has 1 amide bonds. The second-order valence-electron chi connectivity index (χ2n) is 4.26. The van der Waals surface area contributed by atoms with Crippen LogP contribution >= 0.6 is 23.8 Å². The van der Waals surface area contributed by atoms with E-state index < -0.39 is 5.41 Å². The number of anilines is 1. The Bertz CT molecular complexity index is 471. The summed E-state index contributed by atoms with van der Waals surface area (Å²) in [6.45, 7) is 0. The molecular weight excluding hydrogens is 256 g/mol.